The maximum atomic E-state index is 13.3. The molecule has 228 valence electrons. The summed E-state index contributed by atoms with van der Waals surface area (Å²) in [5.74, 6) is 0.244. The Labute approximate surface area is 265 Å². The monoisotopic (exact) mass is 658 g/mol. The second kappa shape index (κ2) is 15.5. The Bertz CT molecular complexity index is 1540. The van der Waals surface area contributed by atoms with Crippen molar-refractivity contribution in [1.82, 2.24) is 10.2 Å². The number of carboxylic acids is 1. The van der Waals surface area contributed by atoms with Crippen molar-refractivity contribution < 1.29 is 28.9 Å². The molecule has 0 radical (unpaired) electrons. The van der Waals surface area contributed by atoms with Gasteiger partial charge < -0.3 is 24.6 Å². The predicted octanol–water partition coefficient (Wildman–Crippen LogP) is 6.44. The maximum Gasteiger partial charge on any atom is 0.326 e. The molecule has 1 heterocycles. The molecule has 1 unspecified atom stereocenters. The number of para-hydroxylation sites is 2. The number of carbonyl (C=O) groups is 2. The van der Waals surface area contributed by atoms with Crippen LogP contribution in [0, 0.1) is 0 Å². The van der Waals surface area contributed by atoms with E-state index in [4.69, 9.17) is 14.2 Å². The average Bonchev–Trinajstić information content (AvgIpc) is 3.05. The van der Waals surface area contributed by atoms with E-state index < -0.39 is 17.9 Å². The third kappa shape index (κ3) is 8.69. The van der Waals surface area contributed by atoms with Crippen molar-refractivity contribution in [3.05, 3.63) is 113 Å². The minimum atomic E-state index is -1.13. The van der Waals surface area contributed by atoms with Gasteiger partial charge in [0.25, 0.3) is 5.91 Å². The van der Waals surface area contributed by atoms with Crippen LogP contribution < -0.4 is 14.8 Å². The van der Waals surface area contributed by atoms with Gasteiger partial charge in [0, 0.05) is 36.1 Å². The zero-order chi connectivity index (χ0) is 30.7. The molecule has 1 amide bonds. The molecular weight excluding hydrogens is 624 g/mol. The van der Waals surface area contributed by atoms with Crippen LogP contribution in [-0.2, 0) is 16.0 Å². The third-order valence-corrected chi connectivity index (χ3v) is 7.83. The maximum absolute atomic E-state index is 13.3. The normalized spacial score (nSPS) is 14.0. The van der Waals surface area contributed by atoms with E-state index in [1.165, 1.54) is 0 Å². The summed E-state index contributed by atoms with van der Waals surface area (Å²) in [6.07, 6.45) is 0.918. The minimum absolute atomic E-state index is 0.118. The molecule has 1 aliphatic heterocycles. The molecule has 0 saturated carbocycles. The topological polar surface area (TPSA) is 97.3 Å². The number of halogens is 1. The highest BCUT2D eigenvalue weighted by Gasteiger charge is 2.23. The SMILES string of the molecule is O=C(NC(Cc1ccc(-c2ccccc2Oc2ccccc2)cc1)C(=O)O)c1cc(Br)ccc1OCCCN1CCOCC1. The van der Waals surface area contributed by atoms with Crippen molar-refractivity contribution in [1.29, 1.82) is 0 Å². The van der Waals surface area contributed by atoms with Gasteiger partial charge in [0.2, 0.25) is 0 Å². The summed E-state index contributed by atoms with van der Waals surface area (Å²) >= 11 is 3.42. The highest BCUT2D eigenvalue weighted by molar-refractivity contribution is 9.10. The van der Waals surface area contributed by atoms with Crippen molar-refractivity contribution in [2.75, 3.05) is 39.5 Å². The lowest BCUT2D eigenvalue weighted by Gasteiger charge is -2.26. The smallest absolute Gasteiger partial charge is 0.326 e. The average molecular weight is 660 g/mol. The number of carbonyl (C=O) groups excluding carboxylic acids is 1. The van der Waals surface area contributed by atoms with Crippen molar-refractivity contribution in [3.8, 4) is 28.4 Å². The van der Waals surface area contributed by atoms with Crippen LogP contribution in [0.1, 0.15) is 22.3 Å². The lowest BCUT2D eigenvalue weighted by molar-refractivity contribution is -0.139. The summed E-state index contributed by atoms with van der Waals surface area (Å²) in [6, 6.07) is 29.0. The number of hydrogen-bond acceptors (Lipinski definition) is 6. The van der Waals surface area contributed by atoms with Crippen LogP contribution in [0.2, 0.25) is 0 Å². The highest BCUT2D eigenvalue weighted by Crippen LogP contribution is 2.33. The van der Waals surface area contributed by atoms with Gasteiger partial charge in [0.1, 0.15) is 23.3 Å². The third-order valence-electron chi connectivity index (χ3n) is 7.33. The van der Waals surface area contributed by atoms with E-state index in [0.717, 1.165) is 67.5 Å². The molecule has 0 spiro atoms. The zero-order valence-electron chi connectivity index (χ0n) is 24.3. The van der Waals surface area contributed by atoms with Crippen molar-refractivity contribution in [2.45, 2.75) is 18.9 Å². The molecule has 44 heavy (non-hydrogen) atoms. The number of aliphatic carboxylic acids is 1. The number of carboxylic acid groups (broad SMARTS) is 1. The Morgan fingerprint density at radius 3 is 2.39 bits per heavy atom. The molecular formula is C35H35BrN2O6. The summed E-state index contributed by atoms with van der Waals surface area (Å²) in [5, 5.41) is 12.7. The molecule has 8 nitrogen and oxygen atoms in total. The van der Waals surface area contributed by atoms with Crippen LogP contribution in [0.25, 0.3) is 11.1 Å². The van der Waals surface area contributed by atoms with E-state index in [-0.39, 0.29) is 12.0 Å². The number of nitrogens with one attached hydrogen (secondary N) is 1. The van der Waals surface area contributed by atoms with Crippen LogP contribution in [-0.4, -0.2) is 67.4 Å². The largest absolute Gasteiger partial charge is 0.493 e. The molecule has 0 bridgehead atoms. The Morgan fingerprint density at radius 2 is 1.64 bits per heavy atom. The number of rotatable bonds is 13. The molecule has 0 aliphatic carbocycles. The van der Waals surface area contributed by atoms with Crippen molar-refractivity contribution >= 4 is 27.8 Å². The van der Waals surface area contributed by atoms with Gasteiger partial charge in [-0.15, -0.1) is 0 Å². The van der Waals surface area contributed by atoms with Gasteiger partial charge >= 0.3 is 5.97 Å². The van der Waals surface area contributed by atoms with Crippen LogP contribution in [0.3, 0.4) is 0 Å². The second-order valence-corrected chi connectivity index (χ2v) is 11.4. The summed E-state index contributed by atoms with van der Waals surface area (Å²) in [4.78, 5) is 27.8. The highest BCUT2D eigenvalue weighted by atomic mass is 79.9. The molecule has 2 N–H and O–H groups in total. The zero-order valence-corrected chi connectivity index (χ0v) is 25.9. The standard InChI is InChI=1S/C35H35BrN2O6/c36-27-15-16-32(43-20-6-17-38-18-21-42-22-19-38)30(24-27)34(39)37-31(35(40)41)23-25-11-13-26(14-12-25)29-9-4-5-10-33(29)44-28-7-2-1-3-8-28/h1-5,7-16,24,31H,6,17-23H2,(H,37,39)(H,40,41). The Kier molecular flexibility index (Phi) is 11.0. The summed E-state index contributed by atoms with van der Waals surface area (Å²) in [7, 11) is 0. The first-order chi connectivity index (χ1) is 21.5. The molecule has 4 aromatic carbocycles. The quantitative estimate of drug-likeness (QED) is 0.160. The molecule has 0 aromatic heterocycles. The number of ether oxygens (including phenoxy) is 3. The van der Waals surface area contributed by atoms with Crippen LogP contribution in [0.15, 0.2) is 102 Å². The number of benzene rings is 4. The molecule has 1 saturated heterocycles. The Morgan fingerprint density at radius 1 is 0.909 bits per heavy atom. The molecule has 4 aromatic rings. The molecule has 1 atom stereocenters. The van der Waals surface area contributed by atoms with Crippen LogP contribution >= 0.6 is 15.9 Å². The van der Waals surface area contributed by atoms with Gasteiger partial charge in [0.05, 0.1) is 25.4 Å². The second-order valence-electron chi connectivity index (χ2n) is 10.5. The van der Waals surface area contributed by atoms with Crippen LogP contribution in [0.5, 0.6) is 17.2 Å². The number of amides is 1. The van der Waals surface area contributed by atoms with Crippen molar-refractivity contribution in [2.24, 2.45) is 0 Å². The molecule has 5 rings (SSSR count). The fourth-order valence-corrected chi connectivity index (χ4v) is 5.36. The van der Waals surface area contributed by atoms with E-state index in [1.807, 2.05) is 78.9 Å². The lowest BCUT2D eigenvalue weighted by atomic mass is 9.99. The van der Waals surface area contributed by atoms with E-state index >= 15 is 0 Å². The molecule has 1 fully saturated rings. The van der Waals surface area contributed by atoms with Crippen LogP contribution in [0.4, 0.5) is 0 Å². The van der Waals surface area contributed by atoms with E-state index in [2.05, 4.69) is 26.1 Å². The number of hydrogen-bond donors (Lipinski definition) is 2. The first kappa shape index (κ1) is 31.3. The summed E-state index contributed by atoms with van der Waals surface area (Å²) in [5.41, 5.74) is 2.90. The molecule has 9 heteroatoms. The van der Waals surface area contributed by atoms with E-state index in [0.29, 0.717) is 16.8 Å². The van der Waals surface area contributed by atoms with Gasteiger partial charge in [-0.05, 0) is 53.9 Å². The van der Waals surface area contributed by atoms with Gasteiger partial charge in [-0.3, -0.25) is 9.69 Å². The van der Waals surface area contributed by atoms with Gasteiger partial charge in [-0.1, -0.05) is 76.6 Å². The molecule has 1 aliphatic rings. The minimum Gasteiger partial charge on any atom is -0.493 e. The lowest BCUT2D eigenvalue weighted by Crippen LogP contribution is -2.42. The first-order valence-electron chi connectivity index (χ1n) is 14.6. The summed E-state index contributed by atoms with van der Waals surface area (Å²) in [6.45, 7) is 4.61. The number of nitrogens with zero attached hydrogens (tertiary/aromatic N) is 1. The van der Waals surface area contributed by atoms with E-state index in [9.17, 15) is 14.7 Å². The Balaban J connectivity index is 1.22. The Hall–Kier alpha value is -4.18. The fourth-order valence-electron chi connectivity index (χ4n) is 5.00. The van der Waals surface area contributed by atoms with Gasteiger partial charge in [-0.2, -0.15) is 0 Å². The summed E-state index contributed by atoms with van der Waals surface area (Å²) < 4.78 is 18.2. The number of morpholine rings is 1. The van der Waals surface area contributed by atoms with Gasteiger partial charge in [-0.25, -0.2) is 4.79 Å². The predicted molar refractivity (Wildman–Crippen MR) is 173 cm³/mol. The van der Waals surface area contributed by atoms with Crippen molar-refractivity contribution in [3.63, 3.8) is 0 Å². The first-order valence-corrected chi connectivity index (χ1v) is 15.4. The van der Waals surface area contributed by atoms with E-state index in [1.54, 1.807) is 18.2 Å². The van der Waals surface area contributed by atoms with Gasteiger partial charge in [0.15, 0.2) is 0 Å². The fraction of sp³-hybridized carbons (Fsp3) is 0.257.